The van der Waals surface area contributed by atoms with E-state index in [4.69, 9.17) is 4.74 Å². The molecule has 4 heteroatoms. The molecule has 0 atom stereocenters. The van der Waals surface area contributed by atoms with Gasteiger partial charge in [-0.15, -0.1) is 0 Å². The SMILES string of the molecule is CC1(C)CN(C(=O)C2(c3ccc(Br)cc3)CCC2)CCO1. The van der Waals surface area contributed by atoms with Crippen molar-refractivity contribution >= 4 is 21.8 Å². The predicted molar refractivity (Wildman–Crippen MR) is 86.3 cm³/mol. The largest absolute Gasteiger partial charge is 0.372 e. The Kier molecular flexibility index (Phi) is 3.87. The molecule has 1 aromatic rings. The topological polar surface area (TPSA) is 29.5 Å². The molecule has 1 amide bonds. The molecule has 1 saturated heterocycles. The Labute approximate surface area is 134 Å². The molecule has 21 heavy (non-hydrogen) atoms. The van der Waals surface area contributed by atoms with Crippen molar-refractivity contribution in [2.24, 2.45) is 0 Å². The highest BCUT2D eigenvalue weighted by molar-refractivity contribution is 9.10. The molecule has 1 aliphatic carbocycles. The number of morpholine rings is 1. The highest BCUT2D eigenvalue weighted by Gasteiger charge is 2.48. The van der Waals surface area contributed by atoms with Crippen LogP contribution in [-0.4, -0.2) is 36.1 Å². The molecule has 2 aliphatic rings. The summed E-state index contributed by atoms with van der Waals surface area (Å²) < 4.78 is 6.79. The summed E-state index contributed by atoms with van der Waals surface area (Å²) in [6.45, 7) is 6.14. The summed E-state index contributed by atoms with van der Waals surface area (Å²) in [5, 5.41) is 0. The second kappa shape index (κ2) is 5.40. The first kappa shape index (κ1) is 15.0. The first-order valence-electron chi connectivity index (χ1n) is 7.62. The van der Waals surface area contributed by atoms with Crippen molar-refractivity contribution < 1.29 is 9.53 Å². The van der Waals surface area contributed by atoms with E-state index in [1.165, 1.54) is 0 Å². The van der Waals surface area contributed by atoms with Gasteiger partial charge in [0.25, 0.3) is 0 Å². The van der Waals surface area contributed by atoms with Crippen molar-refractivity contribution in [3.05, 3.63) is 34.3 Å². The molecule has 0 spiro atoms. The second-order valence-electron chi connectivity index (χ2n) is 6.78. The van der Waals surface area contributed by atoms with Crippen molar-refractivity contribution in [3.8, 4) is 0 Å². The zero-order valence-electron chi connectivity index (χ0n) is 12.7. The average molecular weight is 352 g/mol. The Morgan fingerprint density at radius 1 is 1.24 bits per heavy atom. The van der Waals surface area contributed by atoms with E-state index in [0.717, 1.165) is 29.3 Å². The minimum atomic E-state index is -0.297. The molecule has 0 aromatic heterocycles. The van der Waals surface area contributed by atoms with Crippen LogP contribution in [0.2, 0.25) is 0 Å². The normalized spacial score (nSPS) is 23.5. The number of carbonyl (C=O) groups excluding carboxylic acids is 1. The molecule has 0 unspecified atom stereocenters. The summed E-state index contributed by atoms with van der Waals surface area (Å²) in [4.78, 5) is 15.1. The third kappa shape index (κ3) is 2.76. The van der Waals surface area contributed by atoms with E-state index in [1.807, 2.05) is 17.0 Å². The van der Waals surface area contributed by atoms with Gasteiger partial charge in [-0.2, -0.15) is 0 Å². The minimum Gasteiger partial charge on any atom is -0.372 e. The lowest BCUT2D eigenvalue weighted by molar-refractivity contribution is -0.155. The number of rotatable bonds is 2. The lowest BCUT2D eigenvalue weighted by atomic mass is 9.63. The van der Waals surface area contributed by atoms with Crippen LogP contribution >= 0.6 is 15.9 Å². The smallest absolute Gasteiger partial charge is 0.233 e. The van der Waals surface area contributed by atoms with Gasteiger partial charge in [-0.1, -0.05) is 34.5 Å². The van der Waals surface area contributed by atoms with Crippen molar-refractivity contribution in [1.82, 2.24) is 4.90 Å². The molecule has 3 rings (SSSR count). The zero-order valence-corrected chi connectivity index (χ0v) is 14.3. The third-order valence-electron chi connectivity index (χ3n) is 4.73. The number of amides is 1. The summed E-state index contributed by atoms with van der Waals surface area (Å²) in [7, 11) is 0. The Morgan fingerprint density at radius 3 is 2.43 bits per heavy atom. The molecular formula is C17H22BrNO2. The van der Waals surface area contributed by atoms with E-state index in [2.05, 4.69) is 41.9 Å². The zero-order chi connectivity index (χ0) is 15.1. The number of benzene rings is 1. The van der Waals surface area contributed by atoms with Crippen molar-refractivity contribution in [1.29, 1.82) is 0 Å². The van der Waals surface area contributed by atoms with E-state index in [9.17, 15) is 4.79 Å². The molecule has 1 aliphatic heterocycles. The number of hydrogen-bond donors (Lipinski definition) is 0. The van der Waals surface area contributed by atoms with Crippen LogP contribution < -0.4 is 0 Å². The molecule has 1 heterocycles. The highest BCUT2D eigenvalue weighted by Crippen LogP contribution is 2.45. The van der Waals surface area contributed by atoms with E-state index in [1.54, 1.807) is 0 Å². The number of carbonyl (C=O) groups is 1. The van der Waals surface area contributed by atoms with Crippen LogP contribution in [0.3, 0.4) is 0 Å². The van der Waals surface area contributed by atoms with Gasteiger partial charge in [-0.05, 0) is 44.4 Å². The lowest BCUT2D eigenvalue weighted by Crippen LogP contribution is -2.57. The third-order valence-corrected chi connectivity index (χ3v) is 5.25. The minimum absolute atomic E-state index is 0.238. The van der Waals surface area contributed by atoms with Crippen LogP contribution in [0, 0.1) is 0 Å². The Bertz CT molecular complexity index is 534. The van der Waals surface area contributed by atoms with Gasteiger partial charge in [0.2, 0.25) is 5.91 Å². The first-order chi connectivity index (χ1) is 9.93. The van der Waals surface area contributed by atoms with Gasteiger partial charge < -0.3 is 9.64 Å². The second-order valence-corrected chi connectivity index (χ2v) is 7.69. The van der Waals surface area contributed by atoms with E-state index >= 15 is 0 Å². The Hall–Kier alpha value is -0.870. The summed E-state index contributed by atoms with van der Waals surface area (Å²) in [6, 6.07) is 8.25. The van der Waals surface area contributed by atoms with Crippen LogP contribution in [-0.2, 0) is 14.9 Å². The van der Waals surface area contributed by atoms with Crippen molar-refractivity contribution in [2.75, 3.05) is 19.7 Å². The van der Waals surface area contributed by atoms with Crippen LogP contribution in [0.5, 0.6) is 0 Å². The molecule has 0 radical (unpaired) electrons. The Morgan fingerprint density at radius 2 is 1.90 bits per heavy atom. The standard InChI is InChI=1S/C17H22BrNO2/c1-16(2)12-19(10-11-21-16)15(20)17(8-3-9-17)13-4-6-14(18)7-5-13/h4-7H,3,8-12H2,1-2H3. The van der Waals surface area contributed by atoms with Gasteiger partial charge in [0.05, 0.1) is 17.6 Å². The molecule has 1 aromatic carbocycles. The monoisotopic (exact) mass is 351 g/mol. The van der Waals surface area contributed by atoms with Crippen LogP contribution in [0.1, 0.15) is 38.7 Å². The maximum atomic E-state index is 13.1. The first-order valence-corrected chi connectivity index (χ1v) is 8.42. The van der Waals surface area contributed by atoms with Gasteiger partial charge in [0.1, 0.15) is 0 Å². The maximum absolute atomic E-state index is 13.1. The van der Waals surface area contributed by atoms with Gasteiger partial charge >= 0.3 is 0 Å². The van der Waals surface area contributed by atoms with Gasteiger partial charge in [-0.25, -0.2) is 0 Å². The fourth-order valence-corrected chi connectivity index (χ4v) is 3.68. The van der Waals surface area contributed by atoms with Gasteiger partial charge in [0, 0.05) is 17.6 Å². The maximum Gasteiger partial charge on any atom is 0.233 e. The molecule has 2 fully saturated rings. The number of ether oxygens (including phenoxy) is 1. The number of nitrogens with zero attached hydrogens (tertiary/aromatic N) is 1. The van der Waals surface area contributed by atoms with Crippen molar-refractivity contribution in [3.63, 3.8) is 0 Å². The highest BCUT2D eigenvalue weighted by atomic mass is 79.9. The van der Waals surface area contributed by atoms with Crippen molar-refractivity contribution in [2.45, 2.75) is 44.1 Å². The Balaban J connectivity index is 1.85. The van der Waals surface area contributed by atoms with Gasteiger partial charge in [0.15, 0.2) is 0 Å². The average Bonchev–Trinajstić information content (AvgIpc) is 2.38. The predicted octanol–water partition coefficient (Wildman–Crippen LogP) is 3.51. The summed E-state index contributed by atoms with van der Waals surface area (Å²) in [5.41, 5.74) is 0.624. The van der Waals surface area contributed by atoms with Gasteiger partial charge in [-0.3, -0.25) is 4.79 Å². The number of hydrogen-bond acceptors (Lipinski definition) is 2. The van der Waals surface area contributed by atoms with Crippen LogP contribution in [0.15, 0.2) is 28.7 Å². The molecule has 0 bridgehead atoms. The molecule has 0 N–H and O–H groups in total. The molecule has 1 saturated carbocycles. The van der Waals surface area contributed by atoms with E-state index < -0.39 is 0 Å². The molecule has 114 valence electrons. The van der Waals surface area contributed by atoms with Crippen LogP contribution in [0.25, 0.3) is 0 Å². The summed E-state index contributed by atoms with van der Waals surface area (Å²) >= 11 is 3.47. The quantitative estimate of drug-likeness (QED) is 0.815. The number of halogens is 1. The molecule has 3 nitrogen and oxygen atoms in total. The fourth-order valence-electron chi connectivity index (χ4n) is 3.42. The fraction of sp³-hybridized carbons (Fsp3) is 0.588. The lowest BCUT2D eigenvalue weighted by Gasteiger charge is -2.47. The summed E-state index contributed by atoms with van der Waals surface area (Å²) in [6.07, 6.45) is 3.06. The van der Waals surface area contributed by atoms with E-state index in [-0.39, 0.29) is 16.9 Å². The van der Waals surface area contributed by atoms with Crippen LogP contribution in [0.4, 0.5) is 0 Å². The molecular weight excluding hydrogens is 330 g/mol. The van der Waals surface area contributed by atoms with E-state index in [0.29, 0.717) is 19.7 Å². The summed E-state index contributed by atoms with van der Waals surface area (Å²) in [5.74, 6) is 0.285.